The maximum atomic E-state index is 2.43. The van der Waals surface area contributed by atoms with Gasteiger partial charge < -0.3 is 0 Å². The van der Waals surface area contributed by atoms with Gasteiger partial charge in [-0.05, 0) is 77.9 Å². The molecule has 7 rings (SSSR count). The number of aryl methyl sites for hydroxylation is 6. The molecule has 0 saturated heterocycles. The van der Waals surface area contributed by atoms with E-state index in [9.17, 15) is 0 Å². The molecule has 6 aromatic rings. The second-order valence-corrected chi connectivity index (χ2v) is 17.1. The van der Waals surface area contributed by atoms with Crippen molar-refractivity contribution >= 4 is 68.0 Å². The summed E-state index contributed by atoms with van der Waals surface area (Å²) in [6, 6.07) is 14.6. The minimum absolute atomic E-state index is 1.37. The first-order valence-electron chi connectivity index (χ1n) is 11.9. The topological polar surface area (TPSA) is 0 Å². The van der Waals surface area contributed by atoms with Gasteiger partial charge in [0.15, 0.2) is 0 Å². The van der Waals surface area contributed by atoms with Gasteiger partial charge in [-0.15, -0.1) is 68.0 Å². The minimum atomic E-state index is 1.37. The summed E-state index contributed by atoms with van der Waals surface area (Å²) >= 11 is 11.7. The minimum Gasteiger partial charge on any atom is -0.140 e. The van der Waals surface area contributed by atoms with Crippen LogP contribution in [0, 0.1) is 100 Å². The molecule has 0 aliphatic heterocycles. The van der Waals surface area contributed by atoms with Gasteiger partial charge in [0.1, 0.15) is 0 Å². The maximum Gasteiger partial charge on any atom is 0.0538 e. The average Bonchev–Trinajstić information content (AvgIpc) is 3.61. The van der Waals surface area contributed by atoms with Crippen LogP contribution in [0.1, 0.15) is 29.3 Å². The number of thiophene rings is 6. The van der Waals surface area contributed by atoms with E-state index in [0.29, 0.717) is 0 Å². The molecule has 0 saturated carbocycles. The van der Waals surface area contributed by atoms with Crippen LogP contribution in [0.15, 0.2) is 36.4 Å². The summed E-state index contributed by atoms with van der Waals surface area (Å²) in [6.45, 7) is 13.6. The summed E-state index contributed by atoms with van der Waals surface area (Å²) < 4.78 is 8.53. The molecule has 0 nitrogen and oxygen atoms in total. The van der Waals surface area contributed by atoms with Crippen LogP contribution in [-0.2, 0) is 0 Å². The zero-order chi connectivity index (χ0) is 24.9. The molecule has 0 atom stereocenters. The molecule has 0 N–H and O–H groups in total. The van der Waals surface area contributed by atoms with Crippen molar-refractivity contribution in [2.75, 3.05) is 0 Å². The summed E-state index contributed by atoms with van der Waals surface area (Å²) in [5, 5.41) is 8.39. The zero-order valence-corrected chi connectivity index (χ0v) is 25.8. The lowest BCUT2D eigenvalue weighted by Crippen LogP contribution is -1.76. The maximum absolute atomic E-state index is 2.43. The van der Waals surface area contributed by atoms with Crippen LogP contribution in [0.25, 0.3) is 0 Å². The highest BCUT2D eigenvalue weighted by atomic mass is 32.1. The van der Waals surface area contributed by atoms with E-state index >= 15 is 0 Å². The van der Waals surface area contributed by atoms with E-state index in [4.69, 9.17) is 0 Å². The normalized spacial score (nSPS) is 18.2. The number of hydrogen-bond donors (Lipinski definition) is 0. The van der Waals surface area contributed by atoms with Crippen LogP contribution < -0.4 is 0 Å². The van der Waals surface area contributed by atoms with Crippen LogP contribution in [0.2, 0.25) is 0 Å². The Morgan fingerprint density at radius 1 is 0.278 bits per heavy atom. The van der Waals surface area contributed by atoms with Crippen molar-refractivity contribution < 1.29 is 0 Å². The largest absolute Gasteiger partial charge is 0.140 e. The van der Waals surface area contributed by atoms with Crippen molar-refractivity contribution in [3.05, 3.63) is 124 Å². The Hall–Kier alpha value is -1.80. The molecule has 0 aromatic carbocycles. The zero-order valence-electron chi connectivity index (χ0n) is 20.9. The van der Waals surface area contributed by atoms with Gasteiger partial charge in [-0.3, -0.25) is 0 Å². The van der Waals surface area contributed by atoms with Gasteiger partial charge in [0, 0.05) is 78.7 Å². The van der Waals surface area contributed by atoms with E-state index in [2.05, 4.69) is 77.9 Å². The first kappa shape index (κ1) is 23.3. The van der Waals surface area contributed by atoms with E-state index in [0.717, 1.165) is 0 Å². The van der Waals surface area contributed by atoms with Gasteiger partial charge in [-0.25, -0.2) is 0 Å². The molecule has 0 unspecified atom stereocenters. The van der Waals surface area contributed by atoms with Crippen LogP contribution in [0.3, 0.4) is 0 Å². The fourth-order valence-electron chi connectivity index (χ4n) is 5.30. The SMILES string of the molecule is Cc1cc2/c(s1)=c1/sc(C)c/c1=c1\sc(C)c\c1=c1/sc(C)c/c1=c1\cc(C)s\c1=c1/cc(C)s/c1=2. The predicted octanol–water partition coefficient (Wildman–Crippen LogP) is 9.94. The van der Waals surface area contributed by atoms with Gasteiger partial charge in [-0.1, -0.05) is 0 Å². The van der Waals surface area contributed by atoms with Crippen LogP contribution in [0.4, 0.5) is 0 Å². The summed E-state index contributed by atoms with van der Waals surface area (Å²) in [5.41, 5.74) is 0. The molecule has 0 radical (unpaired) electrons. The second-order valence-electron chi connectivity index (χ2n) is 9.60. The molecule has 180 valence electrons. The monoisotopic (exact) mass is 576 g/mol. The third kappa shape index (κ3) is 3.53. The third-order valence-corrected chi connectivity index (χ3v) is 13.2. The molecule has 36 heavy (non-hydrogen) atoms. The fraction of sp³-hybridized carbons (Fsp3) is 0.200. The van der Waals surface area contributed by atoms with E-state index in [1.54, 1.807) is 0 Å². The van der Waals surface area contributed by atoms with Crippen LogP contribution in [0.5, 0.6) is 0 Å². The predicted molar refractivity (Wildman–Crippen MR) is 160 cm³/mol. The molecule has 6 heteroatoms. The summed E-state index contributed by atoms with van der Waals surface area (Å²) in [6.07, 6.45) is 0. The van der Waals surface area contributed by atoms with E-state index < -0.39 is 0 Å². The molecule has 1 aliphatic rings. The van der Waals surface area contributed by atoms with Gasteiger partial charge in [-0.2, -0.15) is 0 Å². The third-order valence-electron chi connectivity index (χ3n) is 6.61. The molecule has 0 fully saturated rings. The van der Waals surface area contributed by atoms with Crippen molar-refractivity contribution in [2.45, 2.75) is 41.5 Å². The molecule has 0 amide bonds. The Morgan fingerprint density at radius 2 is 0.472 bits per heavy atom. The summed E-state index contributed by atoms with van der Waals surface area (Å²) in [5.74, 6) is 0. The van der Waals surface area contributed by atoms with Gasteiger partial charge in [0.2, 0.25) is 0 Å². The lowest BCUT2D eigenvalue weighted by atomic mass is 10.2. The van der Waals surface area contributed by atoms with Crippen molar-refractivity contribution in [1.29, 1.82) is 0 Å². The van der Waals surface area contributed by atoms with Crippen molar-refractivity contribution in [1.82, 2.24) is 0 Å². The van der Waals surface area contributed by atoms with E-state index in [1.807, 2.05) is 68.0 Å². The molecule has 0 spiro atoms. The van der Waals surface area contributed by atoms with Crippen LogP contribution >= 0.6 is 68.0 Å². The van der Waals surface area contributed by atoms with Crippen molar-refractivity contribution in [2.24, 2.45) is 0 Å². The highest BCUT2D eigenvalue weighted by molar-refractivity contribution is 7.14. The first-order chi connectivity index (χ1) is 17.3. The van der Waals surface area contributed by atoms with Crippen molar-refractivity contribution in [3.63, 3.8) is 0 Å². The van der Waals surface area contributed by atoms with E-state index in [-0.39, 0.29) is 0 Å². The lowest BCUT2D eigenvalue weighted by Gasteiger charge is -1.87. The highest BCUT2D eigenvalue weighted by Gasteiger charge is 2.09. The Kier molecular flexibility index (Phi) is 5.41. The van der Waals surface area contributed by atoms with Gasteiger partial charge in [0.25, 0.3) is 0 Å². The number of rotatable bonds is 0. The summed E-state index contributed by atoms with van der Waals surface area (Å²) in [7, 11) is 0. The molecule has 0 bridgehead atoms. The fourth-order valence-corrected chi connectivity index (χ4v) is 11.9. The number of hydrogen-bond acceptors (Lipinski definition) is 6. The lowest BCUT2D eigenvalue weighted by molar-refractivity contribution is 1.42. The first-order valence-corrected chi connectivity index (χ1v) is 16.8. The van der Waals surface area contributed by atoms with E-state index in [1.165, 1.54) is 87.8 Å². The standard InChI is InChI=1S/C30H24S6/c1-13-7-19-20-8-14(2)32-26(20)22-10-16(4)34-28(22)24-12-18(6)36-30(24)29-23(11-17(5)35-29)27-21(25(19)31-13)9-15(3)33-27/h7-12H,1-6H3/b20-19-,25-21+,26-22+,27-23+,28-24+,30-29-. The smallest absolute Gasteiger partial charge is 0.0538 e. The molecule has 1 aliphatic carbocycles. The summed E-state index contributed by atoms with van der Waals surface area (Å²) in [4.78, 5) is 8.25. The molecule has 6 heterocycles. The Balaban J connectivity index is 2.14. The van der Waals surface area contributed by atoms with Crippen molar-refractivity contribution in [3.8, 4) is 0 Å². The molecule has 6 aromatic heterocycles. The second kappa shape index (κ2) is 8.35. The average molecular weight is 577 g/mol. The Labute approximate surface area is 232 Å². The Morgan fingerprint density at radius 3 is 0.778 bits per heavy atom. The van der Waals surface area contributed by atoms with Crippen LogP contribution in [-0.4, -0.2) is 0 Å². The highest BCUT2D eigenvalue weighted by Crippen LogP contribution is 2.28. The molecular weight excluding hydrogens is 553 g/mol. The van der Waals surface area contributed by atoms with Gasteiger partial charge in [0.05, 0.1) is 9.06 Å². The Bertz CT molecular complexity index is 1770. The molecular formula is C30H24S6. The van der Waals surface area contributed by atoms with Gasteiger partial charge >= 0.3 is 0 Å². The number of fused-ring (bicyclic) bond motifs is 6. The quantitative estimate of drug-likeness (QED) is 0.168.